The van der Waals surface area contributed by atoms with E-state index in [-0.39, 0.29) is 48.6 Å². The van der Waals surface area contributed by atoms with Crippen molar-refractivity contribution in [3.63, 3.8) is 0 Å². The average Bonchev–Trinajstić information content (AvgIpc) is 3.41. The second kappa shape index (κ2) is 13.2. The van der Waals surface area contributed by atoms with Gasteiger partial charge in [0.25, 0.3) is 5.91 Å². The maximum absolute atomic E-state index is 14.9. The zero-order chi connectivity index (χ0) is 32.3. The second-order valence-corrected chi connectivity index (χ2v) is 11.9. The summed E-state index contributed by atoms with van der Waals surface area (Å²) in [5, 5.41) is 21.8. The Bertz CT molecular complexity index is 1730. The van der Waals surface area contributed by atoms with Crippen molar-refractivity contribution in [2.75, 3.05) is 9.80 Å². The van der Waals surface area contributed by atoms with Crippen LogP contribution in [-0.2, 0) is 14.4 Å². The minimum Gasteiger partial charge on any atom is -0.351 e. The van der Waals surface area contributed by atoms with E-state index in [1.807, 2.05) is 34.7 Å². The number of nitrogens with zero attached hydrogens (tertiary/aromatic N) is 6. The van der Waals surface area contributed by atoms with Crippen molar-refractivity contribution in [2.24, 2.45) is 0 Å². The predicted molar refractivity (Wildman–Crippen MR) is 163 cm³/mol. The Morgan fingerprint density at radius 3 is 2.51 bits per heavy atom. The fourth-order valence-corrected chi connectivity index (χ4v) is 6.28. The lowest BCUT2D eigenvalue weighted by Crippen LogP contribution is -2.53. The van der Waals surface area contributed by atoms with Gasteiger partial charge in [-0.1, -0.05) is 18.2 Å². The van der Waals surface area contributed by atoms with Crippen LogP contribution in [0.15, 0.2) is 54.7 Å². The van der Waals surface area contributed by atoms with Crippen molar-refractivity contribution in [1.82, 2.24) is 15.3 Å². The largest absolute Gasteiger partial charge is 0.351 e. The number of anilines is 2. The molecule has 1 aliphatic carbocycles. The number of amides is 3. The van der Waals surface area contributed by atoms with Crippen LogP contribution >= 0.6 is 22.6 Å². The second-order valence-electron chi connectivity index (χ2n) is 10.8. The number of nitriles is 2. The SMILES string of the molecule is N#Cc1cc(F)cc(N(C(=O)[C@@H]2CCC(=O)N2c2nccc(C#N)n2)[C@H](C(=O)NC2CCC(F)(F)CC2)c2ccccc2I)c1. The maximum Gasteiger partial charge on any atom is 0.251 e. The number of rotatable bonds is 7. The van der Waals surface area contributed by atoms with Crippen LogP contribution in [0.5, 0.6) is 0 Å². The highest BCUT2D eigenvalue weighted by molar-refractivity contribution is 14.1. The third-order valence-electron chi connectivity index (χ3n) is 7.77. The molecule has 2 aromatic carbocycles. The van der Waals surface area contributed by atoms with Crippen LogP contribution in [0.3, 0.4) is 0 Å². The number of alkyl halides is 2. The number of nitrogens with one attached hydrogen (secondary N) is 1. The summed E-state index contributed by atoms with van der Waals surface area (Å²) >= 11 is 2.00. The van der Waals surface area contributed by atoms with E-state index in [0.29, 0.717) is 9.13 Å². The molecule has 1 saturated carbocycles. The zero-order valence-corrected chi connectivity index (χ0v) is 25.7. The third kappa shape index (κ3) is 6.91. The van der Waals surface area contributed by atoms with Gasteiger partial charge in [-0.05, 0) is 77.7 Å². The number of hydrogen-bond acceptors (Lipinski definition) is 7. The fourth-order valence-electron chi connectivity index (χ4n) is 5.60. The van der Waals surface area contributed by atoms with E-state index in [2.05, 4.69) is 15.3 Å². The summed E-state index contributed by atoms with van der Waals surface area (Å²) in [6.07, 6.45) is 0.394. The Morgan fingerprint density at radius 2 is 1.82 bits per heavy atom. The standard InChI is InChI=1S/C31H25F3IN7O3/c32-19-13-18(16-36)14-22(15-19)41(29(45)25-5-6-26(43)42(25)30-38-12-9-21(17-37)40-30)27(23-3-1-2-4-24(23)35)28(44)39-20-7-10-31(33,34)11-8-20/h1-4,9,12-15,20,25,27H,5-8,10-11H2,(H,39,44)/t25-,27-/m0/s1. The van der Waals surface area contributed by atoms with Gasteiger partial charge in [0.1, 0.15) is 29.7 Å². The first-order chi connectivity index (χ1) is 21.5. The summed E-state index contributed by atoms with van der Waals surface area (Å²) in [4.78, 5) is 52.2. The van der Waals surface area contributed by atoms with Gasteiger partial charge in [0.2, 0.25) is 23.7 Å². The molecule has 2 aliphatic rings. The summed E-state index contributed by atoms with van der Waals surface area (Å²) in [6.45, 7) is 0. The number of halogens is 4. The Balaban J connectivity index is 1.64. The molecular weight excluding hydrogens is 702 g/mol. The number of benzene rings is 2. The first-order valence-electron chi connectivity index (χ1n) is 14.0. The molecule has 0 bridgehead atoms. The van der Waals surface area contributed by atoms with Crippen molar-refractivity contribution < 1.29 is 27.6 Å². The molecule has 2 heterocycles. The van der Waals surface area contributed by atoms with Crippen LogP contribution in [0.1, 0.15) is 61.4 Å². The van der Waals surface area contributed by atoms with Gasteiger partial charge < -0.3 is 5.32 Å². The molecule has 14 heteroatoms. The molecule has 5 rings (SSSR count). The molecule has 3 aromatic rings. The normalized spacial score (nSPS) is 18.5. The van der Waals surface area contributed by atoms with Crippen molar-refractivity contribution >= 4 is 51.9 Å². The molecule has 3 amide bonds. The van der Waals surface area contributed by atoms with Crippen LogP contribution < -0.4 is 15.1 Å². The minimum absolute atomic E-state index is 0.00728. The number of hydrogen-bond donors (Lipinski definition) is 1. The average molecular weight is 727 g/mol. The van der Waals surface area contributed by atoms with Gasteiger partial charge in [-0.25, -0.2) is 23.1 Å². The molecular formula is C31H25F3IN7O3. The molecule has 0 radical (unpaired) electrons. The Hall–Kier alpha value is -4.57. The summed E-state index contributed by atoms with van der Waals surface area (Å²) in [6, 6.07) is 11.7. The molecule has 2 atom stereocenters. The van der Waals surface area contributed by atoms with Crippen LogP contribution in [0.25, 0.3) is 0 Å². The van der Waals surface area contributed by atoms with E-state index in [1.165, 1.54) is 18.3 Å². The van der Waals surface area contributed by atoms with E-state index >= 15 is 0 Å². The summed E-state index contributed by atoms with van der Waals surface area (Å²) in [5.74, 6) is -5.87. The number of aromatic nitrogens is 2. The fraction of sp³-hybridized carbons (Fsp3) is 0.323. The molecule has 2 fully saturated rings. The predicted octanol–water partition coefficient (Wildman–Crippen LogP) is 4.93. The van der Waals surface area contributed by atoms with Crippen molar-refractivity contribution in [1.29, 1.82) is 10.5 Å². The van der Waals surface area contributed by atoms with Gasteiger partial charge in [-0.2, -0.15) is 10.5 Å². The molecule has 0 spiro atoms. The van der Waals surface area contributed by atoms with E-state index < -0.39 is 60.4 Å². The van der Waals surface area contributed by atoms with Crippen LogP contribution in [0.2, 0.25) is 0 Å². The van der Waals surface area contributed by atoms with Crippen LogP contribution in [0.4, 0.5) is 24.8 Å². The zero-order valence-electron chi connectivity index (χ0n) is 23.6. The summed E-state index contributed by atoms with van der Waals surface area (Å²) < 4.78 is 43.3. The van der Waals surface area contributed by atoms with Crippen molar-refractivity contribution in [3.8, 4) is 12.1 Å². The minimum atomic E-state index is -2.84. The van der Waals surface area contributed by atoms with Gasteiger partial charge in [0.05, 0.1) is 11.6 Å². The topological polar surface area (TPSA) is 143 Å². The molecule has 0 unspecified atom stereocenters. The molecule has 230 valence electrons. The Kier molecular flexibility index (Phi) is 9.34. The quantitative estimate of drug-likeness (QED) is 0.340. The van der Waals surface area contributed by atoms with E-state index in [9.17, 15) is 38.1 Å². The lowest BCUT2D eigenvalue weighted by molar-refractivity contribution is -0.128. The molecule has 1 N–H and O–H groups in total. The van der Waals surface area contributed by atoms with Crippen molar-refractivity contribution in [3.05, 3.63) is 80.9 Å². The lowest BCUT2D eigenvalue weighted by atomic mass is 9.91. The van der Waals surface area contributed by atoms with E-state index in [1.54, 1.807) is 24.3 Å². The van der Waals surface area contributed by atoms with Gasteiger partial charge in [0, 0.05) is 40.8 Å². The monoisotopic (exact) mass is 727 g/mol. The number of carbonyl (C=O) groups is 3. The van der Waals surface area contributed by atoms with Crippen molar-refractivity contribution in [2.45, 2.75) is 62.6 Å². The maximum atomic E-state index is 14.9. The Labute approximate surface area is 270 Å². The van der Waals surface area contributed by atoms with Gasteiger partial charge in [-0.3, -0.25) is 24.2 Å². The van der Waals surface area contributed by atoms with Gasteiger partial charge >= 0.3 is 0 Å². The summed E-state index contributed by atoms with van der Waals surface area (Å²) in [7, 11) is 0. The highest BCUT2D eigenvalue weighted by atomic mass is 127. The van der Waals surface area contributed by atoms with Crippen LogP contribution in [0, 0.1) is 32.0 Å². The Morgan fingerprint density at radius 1 is 1.09 bits per heavy atom. The van der Waals surface area contributed by atoms with Gasteiger partial charge in [-0.15, -0.1) is 0 Å². The smallest absolute Gasteiger partial charge is 0.251 e. The van der Waals surface area contributed by atoms with Crippen LogP contribution in [-0.4, -0.2) is 45.7 Å². The molecule has 10 nitrogen and oxygen atoms in total. The molecule has 1 saturated heterocycles. The molecule has 1 aromatic heterocycles. The third-order valence-corrected chi connectivity index (χ3v) is 8.75. The lowest BCUT2D eigenvalue weighted by Gasteiger charge is -2.37. The molecule has 1 aliphatic heterocycles. The first-order valence-corrected chi connectivity index (χ1v) is 15.1. The van der Waals surface area contributed by atoms with Gasteiger partial charge in [0.15, 0.2) is 0 Å². The number of carbonyl (C=O) groups excluding carboxylic acids is 3. The summed E-state index contributed by atoms with van der Waals surface area (Å²) in [5.41, 5.74) is 0.0633. The highest BCUT2D eigenvalue weighted by Crippen LogP contribution is 2.37. The highest BCUT2D eigenvalue weighted by Gasteiger charge is 2.45. The van der Waals surface area contributed by atoms with E-state index in [4.69, 9.17) is 0 Å². The first kappa shape index (κ1) is 31.8. The van der Waals surface area contributed by atoms with E-state index in [0.717, 1.165) is 21.9 Å². The molecule has 45 heavy (non-hydrogen) atoms.